The molecule has 146 valence electrons. The Bertz CT molecular complexity index is 1140. The molecule has 2 bridgehead atoms. The van der Waals surface area contributed by atoms with Crippen molar-refractivity contribution < 1.29 is 4.79 Å². The van der Waals surface area contributed by atoms with Crippen LogP contribution in [-0.2, 0) is 6.54 Å². The fourth-order valence-electron chi connectivity index (χ4n) is 4.45. The summed E-state index contributed by atoms with van der Waals surface area (Å²) in [6.45, 7) is 1.82. The van der Waals surface area contributed by atoms with Gasteiger partial charge in [0.15, 0.2) is 0 Å². The number of nitrogens with two attached hydrogens (primary N) is 1. The van der Waals surface area contributed by atoms with Crippen LogP contribution in [0.4, 0.5) is 5.82 Å². The number of likely N-dealkylation sites (tertiary alicyclic amines) is 1. The molecule has 0 unspecified atom stereocenters. The molecule has 0 aliphatic carbocycles. The van der Waals surface area contributed by atoms with Crippen LogP contribution in [0.25, 0.3) is 11.3 Å². The second-order valence-corrected chi connectivity index (χ2v) is 7.67. The van der Waals surface area contributed by atoms with Gasteiger partial charge in [0.05, 0.1) is 5.69 Å². The molecule has 1 fully saturated rings. The lowest BCUT2D eigenvalue weighted by molar-refractivity contribution is 0.0589. The number of carbonyl (C=O) groups excluding carboxylic acids is 1. The highest BCUT2D eigenvalue weighted by Crippen LogP contribution is 2.36. The van der Waals surface area contributed by atoms with E-state index in [4.69, 9.17) is 5.73 Å². The van der Waals surface area contributed by atoms with Crippen LogP contribution in [0, 0.1) is 5.92 Å². The number of carbonyl (C=O) groups is 1. The lowest BCUT2D eigenvalue weighted by Crippen LogP contribution is -2.49. The molecule has 8 heteroatoms. The molecule has 1 saturated heterocycles. The number of aromatic nitrogens is 4. The predicted octanol–water partition coefficient (Wildman–Crippen LogP) is 1.54. The zero-order valence-corrected chi connectivity index (χ0v) is 15.7. The summed E-state index contributed by atoms with van der Waals surface area (Å²) in [7, 11) is 0. The third-order valence-electron chi connectivity index (χ3n) is 5.71. The predicted molar refractivity (Wildman–Crippen MR) is 107 cm³/mol. The second kappa shape index (κ2) is 6.80. The number of anilines is 1. The summed E-state index contributed by atoms with van der Waals surface area (Å²) in [6.07, 6.45) is 3.99. The maximum atomic E-state index is 12.9. The zero-order chi connectivity index (χ0) is 20.0. The van der Waals surface area contributed by atoms with E-state index < -0.39 is 0 Å². The molecule has 2 N–H and O–H groups in total. The number of piperidine rings is 1. The Balaban J connectivity index is 1.50. The standard InChI is InChI=1S/C21H20N6O2/c22-19-8-17(24-12-25-19)14-6-18-15-5-13(10-27(18)20(28)7-14)9-26(11-15)21(29)16-3-1-2-4-23-16/h1-4,6-8,12-13,15H,5,9-11H2,(H2,22,24,25)/t13-,15+/m0/s1. The van der Waals surface area contributed by atoms with Crippen molar-refractivity contribution in [2.45, 2.75) is 18.9 Å². The maximum Gasteiger partial charge on any atom is 0.272 e. The minimum Gasteiger partial charge on any atom is -0.384 e. The Labute approximate surface area is 167 Å². The van der Waals surface area contributed by atoms with Crippen LogP contribution in [0.3, 0.4) is 0 Å². The number of rotatable bonds is 2. The zero-order valence-electron chi connectivity index (χ0n) is 15.7. The SMILES string of the molecule is Nc1cc(-c2cc3n(c(=O)c2)C[C@H]2C[C@@H]3CN(C(=O)c3ccccn3)C2)ncn1. The molecule has 2 aliphatic heterocycles. The van der Waals surface area contributed by atoms with Crippen LogP contribution in [0.15, 0.2) is 53.7 Å². The van der Waals surface area contributed by atoms with Gasteiger partial charge in [-0.15, -0.1) is 0 Å². The van der Waals surface area contributed by atoms with Crippen molar-refractivity contribution in [2.24, 2.45) is 5.92 Å². The van der Waals surface area contributed by atoms with Crippen molar-refractivity contribution in [3.63, 3.8) is 0 Å². The highest BCUT2D eigenvalue weighted by molar-refractivity contribution is 5.92. The third-order valence-corrected chi connectivity index (χ3v) is 5.71. The van der Waals surface area contributed by atoms with Gasteiger partial charge in [0.2, 0.25) is 0 Å². The second-order valence-electron chi connectivity index (χ2n) is 7.67. The molecule has 2 aliphatic rings. The summed E-state index contributed by atoms with van der Waals surface area (Å²) < 4.78 is 1.84. The Hall–Kier alpha value is -3.55. The van der Waals surface area contributed by atoms with Gasteiger partial charge in [-0.3, -0.25) is 14.6 Å². The third kappa shape index (κ3) is 3.16. The first kappa shape index (κ1) is 17.5. The van der Waals surface area contributed by atoms with Crippen LogP contribution < -0.4 is 11.3 Å². The van der Waals surface area contributed by atoms with Crippen LogP contribution in [0.5, 0.6) is 0 Å². The average molecular weight is 388 g/mol. The van der Waals surface area contributed by atoms with Crippen LogP contribution in [0.1, 0.15) is 28.5 Å². The van der Waals surface area contributed by atoms with Gasteiger partial charge in [-0.25, -0.2) is 9.97 Å². The fourth-order valence-corrected chi connectivity index (χ4v) is 4.45. The van der Waals surface area contributed by atoms with E-state index in [-0.39, 0.29) is 23.3 Å². The first-order chi connectivity index (χ1) is 14.1. The lowest BCUT2D eigenvalue weighted by Gasteiger charge is -2.42. The van der Waals surface area contributed by atoms with Crippen molar-refractivity contribution in [1.29, 1.82) is 0 Å². The first-order valence-corrected chi connectivity index (χ1v) is 9.61. The summed E-state index contributed by atoms with van der Waals surface area (Å²) in [5.41, 5.74) is 8.47. The minimum atomic E-state index is -0.0594. The molecule has 3 aromatic rings. The van der Waals surface area contributed by atoms with Crippen molar-refractivity contribution in [3.05, 3.63) is 70.7 Å². The van der Waals surface area contributed by atoms with Gasteiger partial charge >= 0.3 is 0 Å². The van der Waals surface area contributed by atoms with Crippen LogP contribution in [0.2, 0.25) is 0 Å². The number of hydrogen-bond acceptors (Lipinski definition) is 6. The summed E-state index contributed by atoms with van der Waals surface area (Å²) >= 11 is 0. The van der Waals surface area contributed by atoms with Gasteiger partial charge < -0.3 is 15.2 Å². The van der Waals surface area contributed by atoms with E-state index in [1.165, 1.54) is 6.33 Å². The summed E-state index contributed by atoms with van der Waals surface area (Å²) in [5.74, 6) is 0.655. The van der Waals surface area contributed by atoms with Crippen molar-refractivity contribution in [1.82, 2.24) is 24.4 Å². The lowest BCUT2D eigenvalue weighted by atomic mass is 9.82. The summed E-state index contributed by atoms with van der Waals surface area (Å²) in [5, 5.41) is 0. The minimum absolute atomic E-state index is 0.0473. The fraction of sp³-hybridized carbons (Fsp3) is 0.286. The van der Waals surface area contributed by atoms with Crippen molar-refractivity contribution in [2.75, 3.05) is 18.8 Å². The Morgan fingerprint density at radius 1 is 1.07 bits per heavy atom. The van der Waals surface area contributed by atoms with Gasteiger partial charge in [0, 0.05) is 55.1 Å². The summed E-state index contributed by atoms with van der Waals surface area (Å²) in [4.78, 5) is 39.9. The summed E-state index contributed by atoms with van der Waals surface area (Å²) in [6, 6.07) is 10.6. The largest absolute Gasteiger partial charge is 0.384 e. The van der Waals surface area contributed by atoms with Gasteiger partial charge in [0.1, 0.15) is 17.8 Å². The highest BCUT2D eigenvalue weighted by atomic mass is 16.2. The van der Waals surface area contributed by atoms with Gasteiger partial charge in [-0.1, -0.05) is 6.07 Å². The topological polar surface area (TPSA) is 107 Å². The maximum absolute atomic E-state index is 12.9. The number of fused-ring (bicyclic) bond motifs is 4. The molecule has 3 aromatic heterocycles. The molecule has 0 saturated carbocycles. The Kier molecular flexibility index (Phi) is 4.12. The van der Waals surface area contributed by atoms with Gasteiger partial charge in [0.25, 0.3) is 11.5 Å². The molecule has 5 heterocycles. The van der Waals surface area contributed by atoms with E-state index in [9.17, 15) is 9.59 Å². The van der Waals surface area contributed by atoms with E-state index in [1.54, 1.807) is 30.5 Å². The van der Waals surface area contributed by atoms with Crippen LogP contribution >= 0.6 is 0 Å². The van der Waals surface area contributed by atoms with E-state index in [2.05, 4.69) is 15.0 Å². The normalized spacial score (nSPS) is 20.2. The van der Waals surface area contributed by atoms with Crippen molar-refractivity contribution in [3.8, 4) is 11.3 Å². The molecule has 29 heavy (non-hydrogen) atoms. The van der Waals surface area contributed by atoms with E-state index in [0.717, 1.165) is 17.7 Å². The number of hydrogen-bond donors (Lipinski definition) is 1. The molecule has 0 aromatic carbocycles. The average Bonchev–Trinajstić information content (AvgIpc) is 2.74. The molecule has 2 atom stereocenters. The van der Waals surface area contributed by atoms with Crippen molar-refractivity contribution >= 4 is 11.7 Å². The molecule has 1 amide bonds. The molecule has 0 spiro atoms. The molecular formula is C21H20N6O2. The number of nitrogen functional groups attached to an aromatic ring is 1. The Morgan fingerprint density at radius 2 is 1.97 bits per heavy atom. The van der Waals surface area contributed by atoms with Gasteiger partial charge in [-0.2, -0.15) is 0 Å². The number of amides is 1. The molecule has 5 rings (SSSR count). The van der Waals surface area contributed by atoms with E-state index in [1.807, 2.05) is 21.6 Å². The van der Waals surface area contributed by atoms with Crippen LogP contribution in [-0.4, -0.2) is 43.4 Å². The van der Waals surface area contributed by atoms with E-state index in [0.29, 0.717) is 36.8 Å². The number of nitrogens with zero attached hydrogens (tertiary/aromatic N) is 5. The smallest absolute Gasteiger partial charge is 0.272 e. The van der Waals surface area contributed by atoms with Gasteiger partial charge in [-0.05, 0) is 30.5 Å². The number of pyridine rings is 2. The molecule has 0 radical (unpaired) electrons. The van der Waals surface area contributed by atoms with E-state index >= 15 is 0 Å². The molecular weight excluding hydrogens is 368 g/mol. The monoisotopic (exact) mass is 388 g/mol. The quantitative estimate of drug-likeness (QED) is 0.714. The Morgan fingerprint density at radius 3 is 2.76 bits per heavy atom. The highest BCUT2D eigenvalue weighted by Gasteiger charge is 2.37. The molecule has 8 nitrogen and oxygen atoms in total. The first-order valence-electron chi connectivity index (χ1n) is 9.61.